The Morgan fingerprint density at radius 3 is 1.60 bits per heavy atom. The minimum absolute atomic E-state index is 0.124. The molecule has 2 fully saturated rings. The van der Waals surface area contributed by atoms with Crippen LogP contribution in [0.5, 0.6) is 5.75 Å². The molecule has 7 N–H and O–H groups in total. The van der Waals surface area contributed by atoms with E-state index in [1.54, 1.807) is 68.5 Å². The van der Waals surface area contributed by atoms with Crippen LogP contribution in [0.15, 0.2) is 169 Å². The van der Waals surface area contributed by atoms with Crippen LogP contribution in [0.1, 0.15) is 69.3 Å². The number of H-pyrrole nitrogens is 3. The van der Waals surface area contributed by atoms with Gasteiger partial charge in [-0.2, -0.15) is 0 Å². The first-order chi connectivity index (χ1) is 53.1. The normalized spacial score (nSPS) is 13.7. The van der Waals surface area contributed by atoms with Crippen LogP contribution >= 0.6 is 0 Å². The van der Waals surface area contributed by atoms with Crippen LogP contribution in [-0.2, 0) is 25.5 Å². The molecule has 0 spiro atoms. The lowest BCUT2D eigenvalue weighted by Crippen LogP contribution is -2.38. The number of urea groups is 1. The molecule has 30 heteroatoms. The number of ether oxygens (including phenoxy) is 5. The van der Waals surface area contributed by atoms with E-state index < -0.39 is 18.0 Å². The van der Waals surface area contributed by atoms with Gasteiger partial charge in [-0.25, -0.2) is 53.7 Å². The monoisotopic (exact) mass is 1470 g/mol. The lowest BCUT2D eigenvalue weighted by Gasteiger charge is -2.31. The molecule has 2 atom stereocenters. The van der Waals surface area contributed by atoms with E-state index in [1.807, 2.05) is 112 Å². The molecule has 4 aromatic carbocycles. The van der Waals surface area contributed by atoms with Crippen molar-refractivity contribution in [2.24, 2.45) is 0 Å². The van der Waals surface area contributed by atoms with E-state index in [4.69, 9.17) is 28.7 Å². The molecular weight excluding hydrogens is 1390 g/mol. The number of hydrogen-bond acceptors (Lipinski definition) is 21. The lowest BCUT2D eigenvalue weighted by molar-refractivity contribution is 0.0190. The molecule has 11 heterocycles. The summed E-state index contributed by atoms with van der Waals surface area (Å²) >= 11 is 0. The smallest absolute Gasteiger partial charge is 0.413 e. The molecule has 2 aliphatic heterocycles. The number of imidazole rings is 3. The maximum Gasteiger partial charge on any atom is 0.413 e. The van der Waals surface area contributed by atoms with Crippen molar-refractivity contribution in [2.75, 3.05) is 95.4 Å². The van der Waals surface area contributed by atoms with Gasteiger partial charge in [-0.15, -0.1) is 0 Å². The molecule has 558 valence electrons. The van der Waals surface area contributed by atoms with Gasteiger partial charge in [0, 0.05) is 128 Å². The number of aromatic amines is 3. The second kappa shape index (κ2) is 34.6. The number of aryl methyl sites for hydroxylation is 1. The van der Waals surface area contributed by atoms with E-state index in [0.717, 1.165) is 132 Å². The highest BCUT2D eigenvalue weighted by Gasteiger charge is 2.24. The molecule has 109 heavy (non-hydrogen) atoms. The number of aromatic nitrogens is 14. The van der Waals surface area contributed by atoms with Crippen molar-refractivity contribution in [2.45, 2.75) is 60.2 Å². The van der Waals surface area contributed by atoms with Gasteiger partial charge in [0.05, 0.1) is 80.7 Å². The Kier molecular flexibility index (Phi) is 23.7. The first kappa shape index (κ1) is 74.5. The molecule has 0 bridgehead atoms. The molecule has 0 aliphatic carbocycles. The molecule has 29 nitrogen and oxygen atoms in total. The molecule has 1 unspecified atom stereocenters. The minimum Gasteiger partial charge on any atom is -0.497 e. The predicted molar refractivity (Wildman–Crippen MR) is 412 cm³/mol. The Morgan fingerprint density at radius 2 is 1.07 bits per heavy atom. The van der Waals surface area contributed by atoms with Gasteiger partial charge in [-0.3, -0.25) is 45.5 Å². The number of rotatable bonds is 19. The summed E-state index contributed by atoms with van der Waals surface area (Å²) in [5.74, 6) is 2.09. The van der Waals surface area contributed by atoms with Gasteiger partial charge < -0.3 is 48.5 Å². The zero-order chi connectivity index (χ0) is 75.9. The summed E-state index contributed by atoms with van der Waals surface area (Å²) in [6.07, 6.45) is 10.7. The minimum atomic E-state index is -0.627. The zero-order valence-electron chi connectivity index (χ0n) is 61.1. The van der Waals surface area contributed by atoms with Gasteiger partial charge in [-0.05, 0) is 160 Å². The van der Waals surface area contributed by atoms with E-state index in [-0.39, 0.29) is 48.5 Å². The van der Waals surface area contributed by atoms with Crippen molar-refractivity contribution in [3.05, 3.63) is 204 Å². The Balaban J connectivity index is 0.000000144. The Hall–Kier alpha value is -12.8. The number of benzene rings is 4. The summed E-state index contributed by atoms with van der Waals surface area (Å²) in [5.41, 5.74) is 14.6. The van der Waals surface area contributed by atoms with Crippen molar-refractivity contribution in [1.29, 1.82) is 0 Å². The maximum atomic E-state index is 14.7. The average Bonchev–Trinajstić information content (AvgIpc) is 1.78. The number of nitrogens with one attached hydrogen (secondary N) is 7. The Labute approximate surface area is 625 Å². The SMILES string of the molecule is CCNC(=O)Nc1nc2c(-c3ncccn3)cc(-c3cc(C)n([C@@H](C)c4cccc(OC)c4)c(=O)c3)cc2[nH]1.CCOC(=O)Nc1nc2c(-c3ncccc3F)cc(-c3ccc(CN4CCOCC4)nc3)cc2[nH]1.CCOC(=O)Nc1nc2c(-c3ncccn3)cc(-c3ccc(C(C)N4CCOCC4)nc3)cc2[nH]1. The van der Waals surface area contributed by atoms with Gasteiger partial charge in [0.15, 0.2) is 11.6 Å². The van der Waals surface area contributed by atoms with E-state index in [9.17, 15) is 23.6 Å². The fourth-order valence-electron chi connectivity index (χ4n) is 12.9. The van der Waals surface area contributed by atoms with Gasteiger partial charge in [-0.1, -0.05) is 24.3 Å². The zero-order valence-corrected chi connectivity index (χ0v) is 61.1. The fourth-order valence-corrected chi connectivity index (χ4v) is 12.9. The topological polar surface area (TPSA) is 350 Å². The van der Waals surface area contributed by atoms with Crippen molar-refractivity contribution >= 4 is 69.2 Å². The summed E-state index contributed by atoms with van der Waals surface area (Å²) in [7, 11) is 1.63. The van der Waals surface area contributed by atoms with Crippen molar-refractivity contribution in [3.63, 3.8) is 0 Å². The number of carbonyl (C=O) groups excluding carboxylic acids is 3. The van der Waals surface area contributed by atoms with Crippen molar-refractivity contribution < 1.29 is 42.5 Å². The van der Waals surface area contributed by atoms with Crippen molar-refractivity contribution in [3.8, 4) is 73.2 Å². The highest BCUT2D eigenvalue weighted by Crippen LogP contribution is 2.38. The maximum absolute atomic E-state index is 14.7. The Morgan fingerprint density at radius 1 is 0.550 bits per heavy atom. The molecule has 4 amide bonds. The summed E-state index contributed by atoms with van der Waals surface area (Å²) in [6.45, 7) is 19.7. The first-order valence-electron chi connectivity index (χ1n) is 35.7. The summed E-state index contributed by atoms with van der Waals surface area (Å²) in [5, 5.41) is 10.6. The lowest BCUT2D eigenvalue weighted by atomic mass is 10.0. The van der Waals surface area contributed by atoms with Crippen LogP contribution < -0.4 is 31.6 Å². The largest absolute Gasteiger partial charge is 0.497 e. The average molecular weight is 1470 g/mol. The third-order valence-corrected chi connectivity index (χ3v) is 18.3. The molecule has 0 saturated carbocycles. The molecular formula is C79H81FN20O9. The van der Waals surface area contributed by atoms with Gasteiger partial charge in [0.25, 0.3) is 5.56 Å². The summed E-state index contributed by atoms with van der Waals surface area (Å²) < 4.78 is 42.6. The number of morpholine rings is 2. The number of halogens is 1. The molecule has 15 rings (SSSR count). The predicted octanol–water partition coefficient (Wildman–Crippen LogP) is 13.2. The Bertz CT molecular complexity index is 5400. The van der Waals surface area contributed by atoms with Gasteiger partial charge in [0.2, 0.25) is 17.8 Å². The number of fused-ring (bicyclic) bond motifs is 3. The quantitative estimate of drug-likeness (QED) is 0.0395. The third-order valence-electron chi connectivity index (χ3n) is 18.3. The van der Waals surface area contributed by atoms with Crippen LogP contribution in [0.4, 0.5) is 36.6 Å². The third kappa shape index (κ3) is 17.9. The number of methoxy groups -OCH3 is 1. The summed E-state index contributed by atoms with van der Waals surface area (Å²) in [4.78, 5) is 108. The van der Waals surface area contributed by atoms with E-state index in [0.29, 0.717) is 68.8 Å². The highest BCUT2D eigenvalue weighted by atomic mass is 19.1. The fraction of sp³-hybridized carbons (Fsp3) is 0.266. The molecule has 13 aromatic rings. The molecule has 0 radical (unpaired) electrons. The number of hydrogen-bond donors (Lipinski definition) is 7. The van der Waals surface area contributed by atoms with Crippen LogP contribution in [0.3, 0.4) is 0 Å². The number of carbonyl (C=O) groups is 3. The first-order valence-corrected chi connectivity index (χ1v) is 35.7. The van der Waals surface area contributed by atoms with E-state index >= 15 is 0 Å². The summed E-state index contributed by atoms with van der Waals surface area (Å²) in [6, 6.07) is 37.1. The van der Waals surface area contributed by atoms with Gasteiger partial charge in [0.1, 0.15) is 33.8 Å². The number of pyridine rings is 4. The van der Waals surface area contributed by atoms with Crippen LogP contribution in [0, 0.1) is 12.7 Å². The second-order valence-corrected chi connectivity index (χ2v) is 25.4. The molecule has 2 saturated heterocycles. The van der Waals surface area contributed by atoms with Crippen LogP contribution in [0.25, 0.3) is 101 Å². The molecule has 2 aliphatic rings. The number of nitrogens with zero attached hydrogens (tertiary/aromatic N) is 13. The standard InChI is InChI=1S/C29H29N7O3.C25H25FN6O3.C25H27N7O3/c1-5-30-29(38)35-28-33-24-15-21(14-23(26(24)34-28)27-31-10-7-11-32-27)20-12-17(2)36(25(37)16-20)18(3)19-8-6-9-22(13-19)39-4;1-2-35-25(33)31-24-29-21-13-17(12-19(23(21)30-24)22-20(26)4-3-7-27-22)16-5-6-18(28-14-16)15-32-8-10-34-11-9-32;1-3-35-25(33)31-24-29-21-14-18(13-19(22(21)30-24)23-26-7-4-8-27-23)17-5-6-20(28-15-17)16(2)32-9-11-34-12-10-32/h6-16,18H,5H2,1-4H3,(H3,30,33,34,35,38);3-7,12-14H,2,8-11,15H2,1H3,(H2,29,30,31,33);4-8,13-16H,3,9-12H2,1-2H3,(H2,29,30,31,33)/t18-;;/m0../s1. The van der Waals surface area contributed by atoms with Crippen LogP contribution in [-0.4, -0.2) is 177 Å². The van der Waals surface area contributed by atoms with Crippen LogP contribution in [0.2, 0.25) is 0 Å². The van der Waals surface area contributed by atoms with Crippen molar-refractivity contribution in [1.82, 2.24) is 84.5 Å². The van der Waals surface area contributed by atoms with E-state index in [2.05, 4.69) is 110 Å². The second-order valence-electron chi connectivity index (χ2n) is 25.4. The highest BCUT2D eigenvalue weighted by molar-refractivity contribution is 6.00. The number of anilines is 3. The number of amides is 4. The van der Waals surface area contributed by atoms with Gasteiger partial charge >= 0.3 is 18.2 Å². The molecule has 9 aromatic heterocycles. The van der Waals surface area contributed by atoms with E-state index in [1.165, 1.54) is 18.3 Å².